The number of halogens is 1. The maximum absolute atomic E-state index is 8.98. The van der Waals surface area contributed by atoms with E-state index in [1.54, 1.807) is 24.5 Å². The molecule has 0 radical (unpaired) electrons. The molecule has 15 heavy (non-hydrogen) atoms. The van der Waals surface area contributed by atoms with Gasteiger partial charge in [-0.1, -0.05) is 17.7 Å². The second-order valence-corrected chi connectivity index (χ2v) is 3.47. The summed E-state index contributed by atoms with van der Waals surface area (Å²) in [5.41, 5.74) is 2.43. The number of hydrogen-bond donors (Lipinski definition) is 0. The van der Waals surface area contributed by atoms with Crippen LogP contribution < -0.4 is 0 Å². The molecule has 0 amide bonds. The standard InChI is InChI=1S/C12H7ClN2/c13-11-1-2-12(10(7-11)8-14)9-3-5-15-6-4-9/h1-7H. The molecule has 0 fully saturated rings. The summed E-state index contributed by atoms with van der Waals surface area (Å²) >= 11 is 5.82. The van der Waals surface area contributed by atoms with E-state index in [9.17, 15) is 0 Å². The van der Waals surface area contributed by atoms with Crippen LogP contribution in [0.15, 0.2) is 42.7 Å². The maximum Gasteiger partial charge on any atom is 0.0998 e. The molecule has 72 valence electrons. The Kier molecular flexibility index (Phi) is 2.66. The van der Waals surface area contributed by atoms with Crippen molar-refractivity contribution in [1.29, 1.82) is 5.26 Å². The van der Waals surface area contributed by atoms with Crippen LogP contribution in [0.2, 0.25) is 5.02 Å². The first kappa shape index (κ1) is 9.70. The van der Waals surface area contributed by atoms with Crippen molar-refractivity contribution in [1.82, 2.24) is 4.98 Å². The Morgan fingerprint density at radius 1 is 1.13 bits per heavy atom. The van der Waals surface area contributed by atoms with Gasteiger partial charge >= 0.3 is 0 Å². The molecule has 1 aromatic carbocycles. The minimum Gasteiger partial charge on any atom is -0.265 e. The third-order valence-electron chi connectivity index (χ3n) is 2.09. The molecule has 0 saturated heterocycles. The summed E-state index contributed by atoms with van der Waals surface area (Å²) in [5.74, 6) is 0. The fourth-order valence-corrected chi connectivity index (χ4v) is 1.56. The van der Waals surface area contributed by atoms with Crippen LogP contribution in [0.3, 0.4) is 0 Å². The zero-order valence-electron chi connectivity index (χ0n) is 7.81. The van der Waals surface area contributed by atoms with Crippen LogP contribution in [0.4, 0.5) is 0 Å². The van der Waals surface area contributed by atoms with Gasteiger partial charge in [-0.15, -0.1) is 0 Å². The Hall–Kier alpha value is -1.85. The number of rotatable bonds is 1. The number of benzene rings is 1. The molecular weight excluding hydrogens is 208 g/mol. The van der Waals surface area contributed by atoms with E-state index >= 15 is 0 Å². The first-order chi connectivity index (χ1) is 7.31. The van der Waals surface area contributed by atoms with Crippen molar-refractivity contribution in [2.75, 3.05) is 0 Å². The van der Waals surface area contributed by atoms with Crippen molar-refractivity contribution in [2.24, 2.45) is 0 Å². The molecule has 1 aromatic heterocycles. The second-order valence-electron chi connectivity index (χ2n) is 3.04. The van der Waals surface area contributed by atoms with Crippen molar-refractivity contribution >= 4 is 11.6 Å². The summed E-state index contributed by atoms with van der Waals surface area (Å²) in [6.07, 6.45) is 3.40. The molecule has 0 aliphatic carbocycles. The Morgan fingerprint density at radius 2 is 1.87 bits per heavy atom. The topological polar surface area (TPSA) is 36.7 Å². The van der Waals surface area contributed by atoms with E-state index in [4.69, 9.17) is 16.9 Å². The van der Waals surface area contributed by atoms with Crippen LogP contribution in [0.5, 0.6) is 0 Å². The highest BCUT2D eigenvalue weighted by molar-refractivity contribution is 6.30. The predicted octanol–water partition coefficient (Wildman–Crippen LogP) is 3.27. The van der Waals surface area contributed by atoms with Crippen molar-refractivity contribution < 1.29 is 0 Å². The van der Waals surface area contributed by atoms with Crippen LogP contribution in [0.25, 0.3) is 11.1 Å². The Bertz CT molecular complexity index is 515. The van der Waals surface area contributed by atoms with Gasteiger partial charge in [0.2, 0.25) is 0 Å². The second kappa shape index (κ2) is 4.12. The fraction of sp³-hybridized carbons (Fsp3) is 0. The monoisotopic (exact) mass is 214 g/mol. The summed E-state index contributed by atoms with van der Waals surface area (Å²) < 4.78 is 0. The summed E-state index contributed by atoms with van der Waals surface area (Å²) in [4.78, 5) is 3.93. The fourth-order valence-electron chi connectivity index (χ4n) is 1.39. The highest BCUT2D eigenvalue weighted by Crippen LogP contribution is 2.25. The van der Waals surface area contributed by atoms with Crippen molar-refractivity contribution in [2.45, 2.75) is 0 Å². The molecule has 0 atom stereocenters. The smallest absolute Gasteiger partial charge is 0.0998 e. The first-order valence-electron chi connectivity index (χ1n) is 4.41. The SMILES string of the molecule is N#Cc1cc(Cl)ccc1-c1ccncc1. The van der Waals surface area contributed by atoms with Gasteiger partial charge in [0.05, 0.1) is 11.6 Å². The first-order valence-corrected chi connectivity index (χ1v) is 4.79. The molecule has 0 aliphatic rings. The summed E-state index contributed by atoms with van der Waals surface area (Å²) in [7, 11) is 0. The van der Waals surface area contributed by atoms with Crippen LogP contribution >= 0.6 is 11.6 Å². The average molecular weight is 215 g/mol. The Balaban J connectivity index is 2.60. The minimum absolute atomic E-state index is 0.573. The quantitative estimate of drug-likeness (QED) is 0.731. The molecule has 0 unspecified atom stereocenters. The number of aromatic nitrogens is 1. The summed E-state index contributed by atoms with van der Waals surface area (Å²) in [6, 6.07) is 11.1. The van der Waals surface area contributed by atoms with Crippen LogP contribution in [0, 0.1) is 11.3 Å². The lowest BCUT2D eigenvalue weighted by Crippen LogP contribution is -1.84. The molecule has 0 bridgehead atoms. The molecule has 0 spiro atoms. The third-order valence-corrected chi connectivity index (χ3v) is 2.33. The van der Waals surface area contributed by atoms with Crippen molar-refractivity contribution in [3.05, 3.63) is 53.3 Å². The highest BCUT2D eigenvalue weighted by Gasteiger charge is 2.04. The van der Waals surface area contributed by atoms with Crippen LogP contribution in [-0.2, 0) is 0 Å². The zero-order valence-corrected chi connectivity index (χ0v) is 8.57. The molecular formula is C12H7ClN2. The van der Waals surface area contributed by atoms with E-state index in [-0.39, 0.29) is 0 Å². The van der Waals surface area contributed by atoms with E-state index in [2.05, 4.69) is 11.1 Å². The van der Waals surface area contributed by atoms with Gasteiger partial charge in [0.1, 0.15) is 0 Å². The summed E-state index contributed by atoms with van der Waals surface area (Å²) in [6.45, 7) is 0. The van der Waals surface area contributed by atoms with Gasteiger partial charge in [-0.25, -0.2) is 0 Å². The third kappa shape index (κ3) is 1.98. The molecule has 2 aromatic rings. The van der Waals surface area contributed by atoms with Crippen LogP contribution in [-0.4, -0.2) is 4.98 Å². The molecule has 3 heteroatoms. The Labute approximate surface area is 92.8 Å². The van der Waals surface area contributed by atoms with E-state index < -0.39 is 0 Å². The largest absolute Gasteiger partial charge is 0.265 e. The van der Waals surface area contributed by atoms with Gasteiger partial charge in [-0.05, 0) is 35.4 Å². The number of pyridine rings is 1. The molecule has 0 saturated carbocycles. The molecule has 2 nitrogen and oxygen atoms in total. The van der Waals surface area contributed by atoms with Crippen LogP contribution in [0.1, 0.15) is 5.56 Å². The van der Waals surface area contributed by atoms with Gasteiger partial charge < -0.3 is 0 Å². The maximum atomic E-state index is 8.98. The van der Waals surface area contributed by atoms with Crippen molar-refractivity contribution in [3.8, 4) is 17.2 Å². The summed E-state index contributed by atoms with van der Waals surface area (Å²) in [5, 5.41) is 9.55. The molecule has 0 N–H and O–H groups in total. The number of nitriles is 1. The average Bonchev–Trinajstić information content (AvgIpc) is 2.30. The van der Waals surface area contributed by atoms with E-state index in [1.807, 2.05) is 18.2 Å². The minimum atomic E-state index is 0.573. The van der Waals surface area contributed by atoms with E-state index in [0.29, 0.717) is 10.6 Å². The molecule has 1 heterocycles. The van der Waals surface area contributed by atoms with Gasteiger partial charge in [-0.2, -0.15) is 5.26 Å². The van der Waals surface area contributed by atoms with Crippen molar-refractivity contribution in [3.63, 3.8) is 0 Å². The molecule has 0 aliphatic heterocycles. The van der Waals surface area contributed by atoms with E-state index in [1.165, 1.54) is 0 Å². The number of nitrogens with zero attached hydrogens (tertiary/aromatic N) is 2. The lowest BCUT2D eigenvalue weighted by Gasteiger charge is -2.03. The Morgan fingerprint density at radius 3 is 2.53 bits per heavy atom. The van der Waals surface area contributed by atoms with Gasteiger partial charge in [0, 0.05) is 17.4 Å². The zero-order chi connectivity index (χ0) is 10.7. The van der Waals surface area contributed by atoms with Gasteiger partial charge in [0.25, 0.3) is 0 Å². The van der Waals surface area contributed by atoms with Gasteiger partial charge in [0.15, 0.2) is 0 Å². The molecule has 2 rings (SSSR count). The predicted molar refractivity (Wildman–Crippen MR) is 59.4 cm³/mol. The van der Waals surface area contributed by atoms with Gasteiger partial charge in [-0.3, -0.25) is 4.98 Å². The lowest BCUT2D eigenvalue weighted by atomic mass is 10.0. The number of hydrogen-bond acceptors (Lipinski definition) is 2. The highest BCUT2D eigenvalue weighted by atomic mass is 35.5. The lowest BCUT2D eigenvalue weighted by molar-refractivity contribution is 1.33. The normalized spacial score (nSPS) is 9.60. The van der Waals surface area contributed by atoms with E-state index in [0.717, 1.165) is 11.1 Å².